The average molecular weight is 209 g/mol. The van der Waals surface area contributed by atoms with Crippen LogP contribution in [0.15, 0.2) is 28.7 Å². The minimum atomic E-state index is 0.570. The van der Waals surface area contributed by atoms with Gasteiger partial charge in [-0.1, -0.05) is 47.1 Å². The first-order valence-electron chi connectivity index (χ1n) is 3.75. The molecule has 1 aromatic rings. The Kier molecular flexibility index (Phi) is 1.61. The summed E-state index contributed by atoms with van der Waals surface area (Å²) in [5.41, 5.74) is 2.78. The van der Waals surface area contributed by atoms with Crippen molar-refractivity contribution >= 4 is 22.0 Å². The predicted molar refractivity (Wildman–Crippen MR) is 51.6 cm³/mol. The fraction of sp³-hybridized carbons (Fsp3) is 0.200. The van der Waals surface area contributed by atoms with Crippen molar-refractivity contribution in [3.63, 3.8) is 0 Å². The molecule has 0 heterocycles. The van der Waals surface area contributed by atoms with Gasteiger partial charge in [0.15, 0.2) is 0 Å². The first-order valence-corrected chi connectivity index (χ1v) is 4.55. The predicted octanol–water partition coefficient (Wildman–Crippen LogP) is 3.58. The van der Waals surface area contributed by atoms with E-state index in [1.165, 1.54) is 15.6 Å². The highest BCUT2D eigenvalue weighted by atomic mass is 79.9. The van der Waals surface area contributed by atoms with Crippen molar-refractivity contribution in [2.75, 3.05) is 0 Å². The molecule has 1 heteroatoms. The molecule has 0 saturated heterocycles. The Hall–Kier alpha value is -0.560. The molecule has 1 unspecified atom stereocenters. The minimum Gasteiger partial charge on any atom is -0.0766 e. The van der Waals surface area contributed by atoms with E-state index in [9.17, 15) is 0 Å². The zero-order valence-electron chi connectivity index (χ0n) is 6.34. The summed E-state index contributed by atoms with van der Waals surface area (Å²) in [6.45, 7) is 2.22. The third-order valence-electron chi connectivity index (χ3n) is 2.11. The summed E-state index contributed by atoms with van der Waals surface area (Å²) in [7, 11) is 0. The second-order valence-corrected chi connectivity index (χ2v) is 3.74. The summed E-state index contributed by atoms with van der Waals surface area (Å²) in [5, 5.41) is 0. The van der Waals surface area contributed by atoms with E-state index in [1.807, 2.05) is 0 Å². The second-order valence-electron chi connectivity index (χ2n) is 2.89. The van der Waals surface area contributed by atoms with Gasteiger partial charge in [0.2, 0.25) is 0 Å². The van der Waals surface area contributed by atoms with E-state index in [4.69, 9.17) is 0 Å². The molecule has 1 aliphatic carbocycles. The maximum atomic E-state index is 3.55. The van der Waals surface area contributed by atoms with Crippen LogP contribution in [0.1, 0.15) is 24.0 Å². The highest BCUT2D eigenvalue weighted by molar-refractivity contribution is 9.10. The van der Waals surface area contributed by atoms with Gasteiger partial charge in [-0.15, -0.1) is 0 Å². The van der Waals surface area contributed by atoms with E-state index in [2.05, 4.69) is 53.2 Å². The van der Waals surface area contributed by atoms with E-state index in [-0.39, 0.29) is 0 Å². The minimum absolute atomic E-state index is 0.570. The lowest BCUT2D eigenvalue weighted by atomic mass is 10.0. The Morgan fingerprint density at radius 3 is 2.91 bits per heavy atom. The van der Waals surface area contributed by atoms with Crippen LogP contribution in [0.5, 0.6) is 0 Å². The summed E-state index contributed by atoms with van der Waals surface area (Å²) in [5.74, 6) is 0.570. The van der Waals surface area contributed by atoms with Crippen molar-refractivity contribution in [3.05, 3.63) is 39.9 Å². The van der Waals surface area contributed by atoms with Gasteiger partial charge < -0.3 is 0 Å². The van der Waals surface area contributed by atoms with E-state index in [1.54, 1.807) is 0 Å². The topological polar surface area (TPSA) is 0 Å². The van der Waals surface area contributed by atoms with Gasteiger partial charge in [-0.3, -0.25) is 0 Å². The molecule has 1 aliphatic rings. The molecule has 2 rings (SSSR count). The van der Waals surface area contributed by atoms with Crippen molar-refractivity contribution < 1.29 is 0 Å². The zero-order valence-corrected chi connectivity index (χ0v) is 7.93. The quantitative estimate of drug-likeness (QED) is 0.612. The molecule has 0 fully saturated rings. The van der Waals surface area contributed by atoms with Gasteiger partial charge >= 0.3 is 0 Å². The first-order chi connectivity index (χ1) is 5.29. The Labute approximate surface area is 75.1 Å². The lowest BCUT2D eigenvalue weighted by Crippen LogP contribution is -1.87. The molecule has 0 amide bonds. The lowest BCUT2D eigenvalue weighted by molar-refractivity contribution is 0.982. The molecule has 1 aromatic carbocycles. The summed E-state index contributed by atoms with van der Waals surface area (Å²) in [6, 6.07) is 6.33. The third-order valence-corrected chi connectivity index (χ3v) is 2.80. The third kappa shape index (κ3) is 1.04. The van der Waals surface area contributed by atoms with E-state index in [0.717, 1.165) is 0 Å². The number of allylic oxidation sites excluding steroid dienone is 1. The van der Waals surface area contributed by atoms with Crippen LogP contribution < -0.4 is 0 Å². The van der Waals surface area contributed by atoms with Gasteiger partial charge in [-0.2, -0.15) is 0 Å². The Morgan fingerprint density at radius 1 is 1.36 bits per heavy atom. The standard InChI is InChI=1S/C10H9Br/c1-7-5-6-8-3-2-4-9(11)10(7)8/h2-7H,1H3. The molecular formula is C10H9Br. The molecule has 0 aromatic heterocycles. The number of benzene rings is 1. The van der Waals surface area contributed by atoms with Gasteiger partial charge in [-0.25, -0.2) is 0 Å². The largest absolute Gasteiger partial charge is 0.0766 e. The molecule has 0 N–H and O–H groups in total. The fourth-order valence-corrected chi connectivity index (χ4v) is 2.27. The van der Waals surface area contributed by atoms with Crippen LogP contribution in [0.4, 0.5) is 0 Å². The van der Waals surface area contributed by atoms with Gasteiger partial charge in [0.05, 0.1) is 0 Å². The summed E-state index contributed by atoms with van der Waals surface area (Å²) < 4.78 is 1.23. The maximum Gasteiger partial charge on any atom is 0.0219 e. The summed E-state index contributed by atoms with van der Waals surface area (Å²) >= 11 is 3.55. The molecule has 0 saturated carbocycles. The molecule has 56 valence electrons. The Morgan fingerprint density at radius 2 is 2.18 bits per heavy atom. The fourth-order valence-electron chi connectivity index (χ4n) is 1.52. The van der Waals surface area contributed by atoms with E-state index < -0.39 is 0 Å². The summed E-state index contributed by atoms with van der Waals surface area (Å²) in [4.78, 5) is 0. The van der Waals surface area contributed by atoms with E-state index >= 15 is 0 Å². The number of halogens is 1. The Bertz CT molecular complexity index is 313. The number of hydrogen-bond acceptors (Lipinski definition) is 0. The van der Waals surface area contributed by atoms with Crippen LogP contribution in [0.2, 0.25) is 0 Å². The van der Waals surface area contributed by atoms with E-state index in [0.29, 0.717) is 5.92 Å². The monoisotopic (exact) mass is 208 g/mol. The van der Waals surface area contributed by atoms with Crippen LogP contribution in [0.3, 0.4) is 0 Å². The molecule has 0 aliphatic heterocycles. The van der Waals surface area contributed by atoms with Gasteiger partial charge in [-0.05, 0) is 17.2 Å². The molecule has 0 nitrogen and oxygen atoms in total. The van der Waals surface area contributed by atoms with Crippen LogP contribution in [-0.4, -0.2) is 0 Å². The van der Waals surface area contributed by atoms with Crippen molar-refractivity contribution in [1.29, 1.82) is 0 Å². The molecule has 0 radical (unpaired) electrons. The highest BCUT2D eigenvalue weighted by Crippen LogP contribution is 2.34. The van der Waals surface area contributed by atoms with Gasteiger partial charge in [0.1, 0.15) is 0 Å². The first kappa shape index (κ1) is 7.11. The molecule has 0 bridgehead atoms. The van der Waals surface area contributed by atoms with Crippen molar-refractivity contribution in [2.24, 2.45) is 0 Å². The van der Waals surface area contributed by atoms with Crippen LogP contribution in [0, 0.1) is 0 Å². The van der Waals surface area contributed by atoms with Gasteiger partial charge in [0, 0.05) is 10.4 Å². The SMILES string of the molecule is CC1C=Cc2cccc(Br)c21. The summed E-state index contributed by atoms with van der Waals surface area (Å²) in [6.07, 6.45) is 4.42. The smallest absolute Gasteiger partial charge is 0.0219 e. The zero-order chi connectivity index (χ0) is 7.84. The normalized spacial score (nSPS) is 20.4. The van der Waals surface area contributed by atoms with Crippen molar-refractivity contribution in [1.82, 2.24) is 0 Å². The van der Waals surface area contributed by atoms with Gasteiger partial charge in [0.25, 0.3) is 0 Å². The number of rotatable bonds is 0. The average Bonchev–Trinajstić information content (AvgIpc) is 2.34. The van der Waals surface area contributed by atoms with Crippen LogP contribution in [-0.2, 0) is 0 Å². The van der Waals surface area contributed by atoms with Crippen LogP contribution >= 0.6 is 15.9 Å². The highest BCUT2D eigenvalue weighted by Gasteiger charge is 2.14. The molecule has 0 spiro atoms. The Balaban J connectivity index is 2.65. The molecular weight excluding hydrogens is 200 g/mol. The van der Waals surface area contributed by atoms with Crippen LogP contribution in [0.25, 0.3) is 6.08 Å². The molecule has 11 heavy (non-hydrogen) atoms. The van der Waals surface area contributed by atoms with Crippen molar-refractivity contribution in [3.8, 4) is 0 Å². The number of fused-ring (bicyclic) bond motifs is 1. The number of hydrogen-bond donors (Lipinski definition) is 0. The lowest BCUT2D eigenvalue weighted by Gasteiger charge is -2.06. The second kappa shape index (κ2) is 2.49. The molecule has 1 atom stereocenters. The van der Waals surface area contributed by atoms with Crippen molar-refractivity contribution in [2.45, 2.75) is 12.8 Å². The maximum absolute atomic E-state index is 3.55.